The molecule has 7 heteroatoms. The van der Waals surface area contributed by atoms with Crippen LogP contribution in [0, 0.1) is 6.92 Å². The summed E-state index contributed by atoms with van der Waals surface area (Å²) in [6, 6.07) is 20.9. The number of carbonyl (C=O) groups is 3. The lowest BCUT2D eigenvalue weighted by atomic mass is 10.1. The van der Waals surface area contributed by atoms with Gasteiger partial charge in [-0.2, -0.15) is 0 Å². The van der Waals surface area contributed by atoms with E-state index in [1.807, 2.05) is 50.2 Å². The fourth-order valence-electron chi connectivity index (χ4n) is 3.11. The number of rotatable bonds is 8. The van der Waals surface area contributed by atoms with E-state index in [1.165, 1.54) is 23.9 Å². The van der Waals surface area contributed by atoms with Gasteiger partial charge in [-0.05, 0) is 61.4 Å². The molecule has 0 aromatic heterocycles. The van der Waals surface area contributed by atoms with Gasteiger partial charge in [0.25, 0.3) is 5.91 Å². The molecular formula is C25H24N2O4S. The van der Waals surface area contributed by atoms with Crippen molar-refractivity contribution in [3.05, 3.63) is 89.5 Å². The normalized spacial score (nSPS) is 11.4. The third kappa shape index (κ3) is 5.98. The molecule has 0 fully saturated rings. The molecule has 1 unspecified atom stereocenters. The Bertz CT molecular complexity index is 1150. The molecule has 3 rings (SSSR count). The van der Waals surface area contributed by atoms with Gasteiger partial charge < -0.3 is 15.7 Å². The third-order valence-electron chi connectivity index (χ3n) is 4.80. The summed E-state index contributed by atoms with van der Waals surface area (Å²) in [7, 11) is 0. The maximum Gasteiger partial charge on any atom is 0.335 e. The van der Waals surface area contributed by atoms with Crippen LogP contribution < -0.4 is 10.6 Å². The fraction of sp³-hybridized carbons (Fsp3) is 0.160. The molecule has 1 atom stereocenters. The summed E-state index contributed by atoms with van der Waals surface area (Å²) in [6.07, 6.45) is 0.578. The van der Waals surface area contributed by atoms with Crippen LogP contribution in [0.2, 0.25) is 0 Å². The average Bonchev–Trinajstić information content (AvgIpc) is 2.78. The largest absolute Gasteiger partial charge is 0.478 e. The van der Waals surface area contributed by atoms with Gasteiger partial charge in [-0.1, -0.05) is 37.3 Å². The van der Waals surface area contributed by atoms with Crippen LogP contribution >= 0.6 is 11.8 Å². The van der Waals surface area contributed by atoms with Crippen LogP contribution in [0.4, 0.5) is 11.4 Å². The number of aryl methyl sites for hydroxylation is 1. The number of thioether (sulfide) groups is 1. The van der Waals surface area contributed by atoms with Crippen LogP contribution in [0.3, 0.4) is 0 Å². The quantitative estimate of drug-likeness (QED) is 0.398. The molecule has 0 aliphatic rings. The highest BCUT2D eigenvalue weighted by molar-refractivity contribution is 8.00. The number of anilines is 2. The summed E-state index contributed by atoms with van der Waals surface area (Å²) >= 11 is 1.39. The Morgan fingerprint density at radius 3 is 2.28 bits per heavy atom. The molecule has 6 nitrogen and oxygen atoms in total. The molecule has 0 radical (unpaired) electrons. The van der Waals surface area contributed by atoms with Crippen molar-refractivity contribution in [3.63, 3.8) is 0 Å². The molecule has 32 heavy (non-hydrogen) atoms. The monoisotopic (exact) mass is 448 g/mol. The van der Waals surface area contributed by atoms with Gasteiger partial charge in [0, 0.05) is 21.8 Å². The van der Waals surface area contributed by atoms with Crippen molar-refractivity contribution in [3.8, 4) is 0 Å². The lowest BCUT2D eigenvalue weighted by Gasteiger charge is -2.16. The number of amides is 2. The fourth-order valence-corrected chi connectivity index (χ4v) is 4.13. The van der Waals surface area contributed by atoms with Gasteiger partial charge in [-0.15, -0.1) is 11.8 Å². The molecule has 0 heterocycles. The van der Waals surface area contributed by atoms with Crippen molar-refractivity contribution in [2.24, 2.45) is 0 Å². The minimum absolute atomic E-state index is 0.112. The zero-order valence-electron chi connectivity index (χ0n) is 17.8. The van der Waals surface area contributed by atoms with Crippen molar-refractivity contribution in [2.75, 3.05) is 10.6 Å². The number of hydrogen-bond acceptors (Lipinski definition) is 4. The molecule has 0 bridgehead atoms. The van der Waals surface area contributed by atoms with E-state index in [4.69, 9.17) is 5.11 Å². The molecule has 0 spiro atoms. The zero-order chi connectivity index (χ0) is 23.1. The van der Waals surface area contributed by atoms with Gasteiger partial charge in [0.1, 0.15) is 0 Å². The highest BCUT2D eigenvalue weighted by Gasteiger charge is 2.19. The van der Waals surface area contributed by atoms with E-state index < -0.39 is 5.97 Å². The summed E-state index contributed by atoms with van der Waals surface area (Å²) in [5, 5.41) is 14.4. The Hall–Kier alpha value is -3.58. The van der Waals surface area contributed by atoms with Gasteiger partial charge in [0.15, 0.2) is 0 Å². The smallest absolute Gasteiger partial charge is 0.335 e. The van der Waals surface area contributed by atoms with Gasteiger partial charge in [0.05, 0.1) is 10.8 Å². The predicted molar refractivity (Wildman–Crippen MR) is 128 cm³/mol. The first-order chi connectivity index (χ1) is 15.4. The summed E-state index contributed by atoms with van der Waals surface area (Å²) in [6.45, 7) is 3.80. The lowest BCUT2D eigenvalue weighted by Crippen LogP contribution is -2.24. The predicted octanol–water partition coefficient (Wildman–Crippen LogP) is 5.45. The summed E-state index contributed by atoms with van der Waals surface area (Å²) in [5.74, 6) is -1.45. The van der Waals surface area contributed by atoms with Gasteiger partial charge in [-0.25, -0.2) is 4.79 Å². The second-order valence-electron chi connectivity index (χ2n) is 7.19. The summed E-state index contributed by atoms with van der Waals surface area (Å²) in [4.78, 5) is 37.3. The van der Waals surface area contributed by atoms with E-state index in [0.717, 1.165) is 10.5 Å². The van der Waals surface area contributed by atoms with E-state index in [-0.39, 0.29) is 22.6 Å². The summed E-state index contributed by atoms with van der Waals surface area (Å²) in [5.41, 5.74) is 2.70. The lowest BCUT2D eigenvalue weighted by molar-refractivity contribution is -0.115. The van der Waals surface area contributed by atoms with Gasteiger partial charge in [-0.3, -0.25) is 9.59 Å². The van der Waals surface area contributed by atoms with Gasteiger partial charge >= 0.3 is 5.97 Å². The molecule has 0 aliphatic heterocycles. The Labute approximate surface area is 191 Å². The SMILES string of the molecule is CCC(Sc1cccc(NC(=O)c2ccccc2C)c1)C(=O)Nc1cccc(C(=O)O)c1. The van der Waals surface area contributed by atoms with Crippen LogP contribution in [0.1, 0.15) is 39.6 Å². The third-order valence-corrected chi connectivity index (χ3v) is 6.16. The van der Waals surface area contributed by atoms with Crippen LogP contribution in [0.15, 0.2) is 77.7 Å². The number of nitrogens with one attached hydrogen (secondary N) is 2. The van der Waals surface area contributed by atoms with E-state index in [0.29, 0.717) is 23.4 Å². The van der Waals surface area contributed by atoms with E-state index >= 15 is 0 Å². The molecule has 0 saturated heterocycles. The Kier molecular flexibility index (Phi) is 7.68. The van der Waals surface area contributed by atoms with E-state index in [2.05, 4.69) is 10.6 Å². The molecule has 0 aliphatic carbocycles. The number of benzene rings is 3. The Morgan fingerprint density at radius 1 is 0.906 bits per heavy atom. The van der Waals surface area contributed by atoms with Crippen molar-refractivity contribution < 1.29 is 19.5 Å². The number of hydrogen-bond donors (Lipinski definition) is 3. The molecule has 0 saturated carbocycles. The first-order valence-corrected chi connectivity index (χ1v) is 11.0. The molecule has 3 aromatic carbocycles. The first kappa shape index (κ1) is 23.1. The minimum Gasteiger partial charge on any atom is -0.478 e. The van der Waals surface area contributed by atoms with E-state index in [9.17, 15) is 14.4 Å². The molecule has 3 N–H and O–H groups in total. The Balaban J connectivity index is 1.68. The van der Waals surface area contributed by atoms with Crippen molar-refractivity contribution in [2.45, 2.75) is 30.4 Å². The minimum atomic E-state index is -1.05. The van der Waals surface area contributed by atoms with Crippen molar-refractivity contribution in [1.29, 1.82) is 0 Å². The average molecular weight is 449 g/mol. The summed E-state index contributed by atoms with van der Waals surface area (Å²) < 4.78 is 0. The number of carboxylic acids is 1. The van der Waals surface area contributed by atoms with E-state index in [1.54, 1.807) is 24.3 Å². The maximum atomic E-state index is 12.8. The number of carboxylic acid groups (broad SMARTS) is 1. The van der Waals surface area contributed by atoms with Crippen LogP contribution in [-0.2, 0) is 4.79 Å². The highest BCUT2D eigenvalue weighted by atomic mass is 32.2. The van der Waals surface area contributed by atoms with Gasteiger partial charge in [0.2, 0.25) is 5.91 Å². The van der Waals surface area contributed by atoms with Crippen LogP contribution in [0.5, 0.6) is 0 Å². The maximum absolute atomic E-state index is 12.8. The van der Waals surface area contributed by atoms with Crippen molar-refractivity contribution >= 4 is 40.9 Å². The molecule has 2 amide bonds. The second-order valence-corrected chi connectivity index (χ2v) is 8.46. The first-order valence-electron chi connectivity index (χ1n) is 10.1. The highest BCUT2D eigenvalue weighted by Crippen LogP contribution is 2.29. The zero-order valence-corrected chi connectivity index (χ0v) is 18.6. The van der Waals surface area contributed by atoms with Crippen LogP contribution in [-0.4, -0.2) is 28.1 Å². The number of carbonyl (C=O) groups excluding carboxylic acids is 2. The molecule has 3 aromatic rings. The number of aromatic carboxylic acids is 1. The second kappa shape index (κ2) is 10.6. The van der Waals surface area contributed by atoms with Crippen LogP contribution in [0.25, 0.3) is 0 Å². The molecular weight excluding hydrogens is 424 g/mol. The Morgan fingerprint density at radius 2 is 1.59 bits per heavy atom. The molecule has 164 valence electrons. The van der Waals surface area contributed by atoms with Crippen molar-refractivity contribution in [1.82, 2.24) is 0 Å². The topological polar surface area (TPSA) is 95.5 Å². The standard InChI is InChI=1S/C25H24N2O4S/c1-3-22(24(29)27-18-10-6-9-17(14-18)25(30)31)32-20-12-7-11-19(15-20)26-23(28)21-13-5-4-8-16(21)2/h4-15,22H,3H2,1-2H3,(H,26,28)(H,27,29)(H,30,31).